The van der Waals surface area contributed by atoms with Crippen molar-refractivity contribution in [2.75, 3.05) is 13.6 Å². The zero-order valence-electron chi connectivity index (χ0n) is 13.2. The molecule has 0 fully saturated rings. The predicted molar refractivity (Wildman–Crippen MR) is 91.0 cm³/mol. The molecule has 0 bridgehead atoms. The molecule has 0 saturated heterocycles. The number of hydrogen-bond donors (Lipinski definition) is 2. The number of hydrogen-bond acceptors (Lipinski definition) is 4. The summed E-state index contributed by atoms with van der Waals surface area (Å²) in [5.41, 5.74) is 2.42. The molecular weight excluding hydrogens is 332 g/mol. The lowest BCUT2D eigenvalue weighted by Crippen LogP contribution is -2.20. The normalized spacial score (nSPS) is 9.96. The van der Waals surface area contributed by atoms with Gasteiger partial charge < -0.3 is 15.1 Å². The molecule has 6 nitrogen and oxygen atoms in total. The second kappa shape index (κ2) is 10.4. The molecule has 2 N–H and O–H groups in total. The van der Waals surface area contributed by atoms with E-state index in [1.54, 1.807) is 0 Å². The van der Waals surface area contributed by atoms with Gasteiger partial charge in [-0.15, -0.1) is 0 Å². The van der Waals surface area contributed by atoms with E-state index in [-0.39, 0.29) is 0 Å². The van der Waals surface area contributed by atoms with E-state index in [0.717, 1.165) is 30.2 Å². The first kappa shape index (κ1) is 19.6. The second-order valence-corrected chi connectivity index (χ2v) is 5.48. The van der Waals surface area contributed by atoms with E-state index < -0.39 is 11.9 Å². The topological polar surface area (TPSA) is 90.7 Å². The number of carbonyl (C=O) groups is 2. The van der Waals surface area contributed by atoms with Crippen molar-refractivity contribution in [1.82, 2.24) is 9.88 Å². The number of nitrogens with zero attached hydrogens (tertiary/aromatic N) is 2. The maximum atomic E-state index is 9.10. The Balaban J connectivity index is 0.000000413. The molecule has 0 aliphatic heterocycles. The van der Waals surface area contributed by atoms with Gasteiger partial charge in [-0.1, -0.05) is 29.8 Å². The molecule has 1 heterocycles. The number of carboxylic acid groups (broad SMARTS) is 2. The van der Waals surface area contributed by atoms with Crippen molar-refractivity contribution in [3.05, 3.63) is 64.9 Å². The van der Waals surface area contributed by atoms with Gasteiger partial charge in [-0.05, 0) is 36.9 Å². The molecule has 24 heavy (non-hydrogen) atoms. The van der Waals surface area contributed by atoms with E-state index in [0.29, 0.717) is 0 Å². The lowest BCUT2D eigenvalue weighted by atomic mass is 10.2. The van der Waals surface area contributed by atoms with Crippen LogP contribution in [0.2, 0.25) is 5.02 Å². The highest BCUT2D eigenvalue weighted by Crippen LogP contribution is 2.11. The van der Waals surface area contributed by atoms with Gasteiger partial charge >= 0.3 is 11.9 Å². The molecule has 0 spiro atoms. The van der Waals surface area contributed by atoms with Crippen LogP contribution >= 0.6 is 11.6 Å². The quantitative estimate of drug-likeness (QED) is 0.805. The Hall–Kier alpha value is -2.44. The molecule has 0 atom stereocenters. The molecule has 0 aliphatic carbocycles. The average Bonchev–Trinajstić information content (AvgIpc) is 2.56. The number of rotatable bonds is 5. The van der Waals surface area contributed by atoms with E-state index in [2.05, 4.69) is 35.1 Å². The van der Waals surface area contributed by atoms with Gasteiger partial charge in [-0.3, -0.25) is 4.98 Å². The number of likely N-dealkylation sites (N-methyl/N-ethyl adjacent to an activating group) is 1. The Morgan fingerprint density at radius 2 is 1.71 bits per heavy atom. The molecule has 0 unspecified atom stereocenters. The lowest BCUT2D eigenvalue weighted by molar-refractivity contribution is -0.159. The van der Waals surface area contributed by atoms with E-state index in [1.165, 1.54) is 5.56 Å². The van der Waals surface area contributed by atoms with Gasteiger partial charge in [0.25, 0.3) is 0 Å². The van der Waals surface area contributed by atoms with Gasteiger partial charge in [0, 0.05) is 36.4 Å². The van der Waals surface area contributed by atoms with Crippen LogP contribution in [0.3, 0.4) is 0 Å². The highest BCUT2D eigenvalue weighted by Gasteiger charge is 2.04. The smallest absolute Gasteiger partial charge is 0.414 e. The summed E-state index contributed by atoms with van der Waals surface area (Å²) in [5, 5.41) is 15.6. The van der Waals surface area contributed by atoms with Crippen molar-refractivity contribution in [3.8, 4) is 0 Å². The highest BCUT2D eigenvalue weighted by atomic mass is 35.5. The van der Waals surface area contributed by atoms with Crippen LogP contribution in [0.5, 0.6) is 0 Å². The molecular formula is C17H19ClN2O4. The Morgan fingerprint density at radius 1 is 1.08 bits per heavy atom. The first-order valence-corrected chi connectivity index (χ1v) is 7.55. The summed E-state index contributed by atoms with van der Waals surface area (Å²) in [6, 6.07) is 14.0. The van der Waals surface area contributed by atoms with Crippen LogP contribution in [0.25, 0.3) is 0 Å². The fourth-order valence-corrected chi connectivity index (χ4v) is 1.96. The zero-order valence-corrected chi connectivity index (χ0v) is 14.0. The van der Waals surface area contributed by atoms with Crippen molar-refractivity contribution < 1.29 is 19.8 Å². The molecule has 0 aliphatic rings. The molecule has 2 aromatic rings. The van der Waals surface area contributed by atoms with Crippen LogP contribution in [-0.2, 0) is 22.6 Å². The van der Waals surface area contributed by atoms with Crippen LogP contribution < -0.4 is 0 Å². The maximum absolute atomic E-state index is 9.10. The third-order valence-electron chi connectivity index (χ3n) is 3.02. The number of aromatic nitrogens is 1. The first-order valence-electron chi connectivity index (χ1n) is 7.17. The Labute approximate surface area is 145 Å². The van der Waals surface area contributed by atoms with Gasteiger partial charge in [0.15, 0.2) is 0 Å². The van der Waals surface area contributed by atoms with Crippen LogP contribution in [0.1, 0.15) is 11.3 Å². The van der Waals surface area contributed by atoms with E-state index in [9.17, 15) is 0 Å². The van der Waals surface area contributed by atoms with E-state index in [4.69, 9.17) is 31.4 Å². The van der Waals surface area contributed by atoms with Crippen LogP contribution in [0, 0.1) is 0 Å². The van der Waals surface area contributed by atoms with Crippen molar-refractivity contribution in [3.63, 3.8) is 0 Å². The minimum absolute atomic E-state index is 0.787. The maximum Gasteiger partial charge on any atom is 0.414 e. The highest BCUT2D eigenvalue weighted by molar-refractivity contribution is 6.30. The predicted octanol–water partition coefficient (Wildman–Crippen LogP) is 2.57. The van der Waals surface area contributed by atoms with Crippen LogP contribution in [0.4, 0.5) is 0 Å². The molecule has 2 rings (SSSR count). The van der Waals surface area contributed by atoms with E-state index in [1.807, 2.05) is 30.5 Å². The molecule has 0 amide bonds. The molecule has 1 aromatic carbocycles. The van der Waals surface area contributed by atoms with Gasteiger partial charge in [-0.2, -0.15) is 0 Å². The standard InChI is InChI=1S/C15H17ClN2.C2H2O4/c1-18(11-9-15-4-2-3-10-17-15)12-13-5-7-14(16)8-6-13;3-1(4)2(5)6/h2-8,10H,9,11-12H2,1H3;(H,3,4)(H,5,6). The van der Waals surface area contributed by atoms with Crippen molar-refractivity contribution in [1.29, 1.82) is 0 Å². The molecule has 1 aromatic heterocycles. The van der Waals surface area contributed by atoms with Crippen LogP contribution in [-0.4, -0.2) is 45.6 Å². The van der Waals surface area contributed by atoms with Gasteiger partial charge in [0.2, 0.25) is 0 Å². The largest absolute Gasteiger partial charge is 0.473 e. The van der Waals surface area contributed by atoms with Crippen molar-refractivity contribution >= 4 is 23.5 Å². The summed E-state index contributed by atoms with van der Waals surface area (Å²) in [4.78, 5) is 24.8. The third kappa shape index (κ3) is 8.26. The molecule has 0 radical (unpaired) electrons. The Kier molecular flexibility index (Phi) is 8.46. The Morgan fingerprint density at radius 3 is 2.21 bits per heavy atom. The third-order valence-corrected chi connectivity index (χ3v) is 3.28. The fraction of sp³-hybridized carbons (Fsp3) is 0.235. The van der Waals surface area contributed by atoms with Crippen LogP contribution in [0.15, 0.2) is 48.7 Å². The Bertz CT molecular complexity index is 635. The summed E-state index contributed by atoms with van der Waals surface area (Å²) in [7, 11) is 2.12. The zero-order chi connectivity index (χ0) is 17.9. The molecule has 0 saturated carbocycles. The van der Waals surface area contributed by atoms with E-state index >= 15 is 0 Å². The minimum atomic E-state index is -1.82. The number of halogens is 1. The van der Waals surface area contributed by atoms with Crippen molar-refractivity contribution in [2.24, 2.45) is 0 Å². The monoisotopic (exact) mass is 350 g/mol. The number of benzene rings is 1. The summed E-state index contributed by atoms with van der Waals surface area (Å²) < 4.78 is 0. The fourth-order valence-electron chi connectivity index (χ4n) is 1.83. The SMILES string of the molecule is CN(CCc1ccccn1)Cc1ccc(Cl)cc1.O=C(O)C(=O)O. The van der Waals surface area contributed by atoms with Crippen molar-refractivity contribution in [2.45, 2.75) is 13.0 Å². The minimum Gasteiger partial charge on any atom is -0.473 e. The lowest BCUT2D eigenvalue weighted by Gasteiger charge is -2.16. The summed E-state index contributed by atoms with van der Waals surface area (Å²) in [6.45, 7) is 1.93. The van der Waals surface area contributed by atoms with Gasteiger partial charge in [0.1, 0.15) is 0 Å². The average molecular weight is 351 g/mol. The summed E-state index contributed by atoms with van der Waals surface area (Å²) >= 11 is 5.87. The summed E-state index contributed by atoms with van der Waals surface area (Å²) in [6.07, 6.45) is 2.82. The second-order valence-electron chi connectivity index (χ2n) is 5.05. The number of pyridine rings is 1. The van der Waals surface area contributed by atoms with Gasteiger partial charge in [0.05, 0.1) is 0 Å². The molecule has 128 valence electrons. The molecule has 7 heteroatoms. The first-order chi connectivity index (χ1) is 11.4. The number of carboxylic acids is 2. The van der Waals surface area contributed by atoms with Gasteiger partial charge in [-0.25, -0.2) is 9.59 Å². The number of aliphatic carboxylic acids is 2. The summed E-state index contributed by atoms with van der Waals surface area (Å²) in [5.74, 6) is -3.65.